The number of carbonyl (C=O) groups excluding carboxylic acids is 1. The molecule has 0 saturated heterocycles. The Labute approximate surface area is 161 Å². The molecule has 0 aliphatic carbocycles. The van der Waals surface area contributed by atoms with Gasteiger partial charge in [0.05, 0.1) is 10.7 Å². The first-order valence-corrected chi connectivity index (χ1v) is 8.31. The van der Waals surface area contributed by atoms with Crippen LogP contribution in [0.4, 0.5) is 0 Å². The first kappa shape index (κ1) is 22.3. The van der Waals surface area contributed by atoms with Crippen LogP contribution in [0, 0.1) is 6.92 Å². The molecular formula is C15H20BrCl2N3OS. The lowest BCUT2D eigenvalue weighted by Gasteiger charge is -2.24. The van der Waals surface area contributed by atoms with Crippen LogP contribution in [0.1, 0.15) is 23.2 Å². The number of rotatable bonds is 5. The molecule has 1 unspecified atom stereocenters. The first-order valence-electron chi connectivity index (χ1n) is 6.64. The van der Waals surface area contributed by atoms with E-state index in [1.165, 1.54) is 0 Å². The van der Waals surface area contributed by atoms with Gasteiger partial charge in [0.15, 0.2) is 0 Å². The molecule has 1 atom stereocenters. The van der Waals surface area contributed by atoms with Crippen molar-refractivity contribution in [1.82, 2.24) is 10.3 Å². The Morgan fingerprint density at radius 3 is 2.48 bits per heavy atom. The van der Waals surface area contributed by atoms with Crippen molar-refractivity contribution in [2.75, 3.05) is 6.54 Å². The topological polar surface area (TPSA) is 68.0 Å². The summed E-state index contributed by atoms with van der Waals surface area (Å²) in [6.45, 7) is 4.22. The maximum absolute atomic E-state index is 12.3. The lowest BCUT2D eigenvalue weighted by Crippen LogP contribution is -2.49. The molecule has 128 valence electrons. The Kier molecular flexibility index (Phi) is 9.32. The van der Waals surface area contributed by atoms with Gasteiger partial charge in [-0.1, -0.05) is 28.1 Å². The largest absolute Gasteiger partial charge is 0.354 e. The standard InChI is InChI=1S/C15H18BrN3OS.2ClH/c1-10-19-13(9-21-10)7-8-18-14(20)15(2,17)11-3-5-12(16)6-4-11;;/h3-6,9H,7-8,17H2,1-2H3,(H,18,20);2*1H. The summed E-state index contributed by atoms with van der Waals surface area (Å²) >= 11 is 4.99. The van der Waals surface area contributed by atoms with Gasteiger partial charge in [-0.05, 0) is 31.5 Å². The number of hydrogen-bond acceptors (Lipinski definition) is 4. The zero-order valence-electron chi connectivity index (χ0n) is 12.8. The number of aromatic nitrogens is 1. The van der Waals surface area contributed by atoms with E-state index in [1.807, 2.05) is 36.6 Å². The molecule has 4 nitrogen and oxygen atoms in total. The first-order chi connectivity index (χ1) is 9.89. The van der Waals surface area contributed by atoms with Crippen LogP contribution in [0.2, 0.25) is 0 Å². The smallest absolute Gasteiger partial charge is 0.244 e. The molecule has 0 saturated carbocycles. The van der Waals surface area contributed by atoms with Crippen LogP contribution < -0.4 is 11.1 Å². The molecule has 0 aliphatic heterocycles. The summed E-state index contributed by atoms with van der Waals surface area (Å²) in [5, 5.41) is 5.93. The minimum Gasteiger partial charge on any atom is -0.354 e. The van der Waals surface area contributed by atoms with E-state index < -0.39 is 5.54 Å². The fourth-order valence-electron chi connectivity index (χ4n) is 1.94. The van der Waals surface area contributed by atoms with Crippen LogP contribution in [0.5, 0.6) is 0 Å². The second kappa shape index (κ2) is 9.59. The zero-order valence-corrected chi connectivity index (χ0v) is 16.9. The predicted molar refractivity (Wildman–Crippen MR) is 104 cm³/mol. The van der Waals surface area contributed by atoms with Gasteiger partial charge in [-0.15, -0.1) is 36.2 Å². The van der Waals surface area contributed by atoms with E-state index in [4.69, 9.17) is 5.73 Å². The molecule has 0 radical (unpaired) electrons. The van der Waals surface area contributed by atoms with E-state index in [-0.39, 0.29) is 30.7 Å². The monoisotopic (exact) mass is 439 g/mol. The molecule has 0 spiro atoms. The number of amides is 1. The lowest BCUT2D eigenvalue weighted by molar-refractivity contribution is -0.126. The van der Waals surface area contributed by atoms with Gasteiger partial charge in [-0.3, -0.25) is 4.79 Å². The Balaban J connectivity index is 0.00000242. The van der Waals surface area contributed by atoms with Gasteiger partial charge in [0, 0.05) is 22.8 Å². The van der Waals surface area contributed by atoms with Crippen LogP contribution in [0.3, 0.4) is 0 Å². The number of benzene rings is 1. The quantitative estimate of drug-likeness (QED) is 0.746. The molecule has 0 bridgehead atoms. The molecule has 0 aliphatic rings. The molecule has 1 aromatic carbocycles. The number of nitrogens with two attached hydrogens (primary N) is 1. The van der Waals surface area contributed by atoms with E-state index in [1.54, 1.807) is 18.3 Å². The molecule has 1 aromatic heterocycles. The highest BCUT2D eigenvalue weighted by Gasteiger charge is 2.30. The molecule has 23 heavy (non-hydrogen) atoms. The van der Waals surface area contributed by atoms with Gasteiger partial charge >= 0.3 is 0 Å². The number of halogens is 3. The zero-order chi connectivity index (χ0) is 15.5. The third-order valence-electron chi connectivity index (χ3n) is 3.25. The maximum Gasteiger partial charge on any atom is 0.244 e. The highest BCUT2D eigenvalue weighted by Crippen LogP contribution is 2.20. The normalized spacial score (nSPS) is 12.5. The third-order valence-corrected chi connectivity index (χ3v) is 4.60. The summed E-state index contributed by atoms with van der Waals surface area (Å²) < 4.78 is 0.960. The van der Waals surface area contributed by atoms with Crippen molar-refractivity contribution < 1.29 is 4.79 Å². The van der Waals surface area contributed by atoms with E-state index in [9.17, 15) is 4.79 Å². The Bertz CT molecular complexity index is 632. The summed E-state index contributed by atoms with van der Waals surface area (Å²) in [5.74, 6) is -0.184. The molecule has 1 amide bonds. The van der Waals surface area contributed by atoms with Gasteiger partial charge < -0.3 is 11.1 Å². The second-order valence-corrected chi connectivity index (χ2v) is 7.05. The minimum atomic E-state index is -1.04. The van der Waals surface area contributed by atoms with Crippen molar-refractivity contribution >= 4 is 58.0 Å². The average Bonchev–Trinajstić information content (AvgIpc) is 2.85. The van der Waals surface area contributed by atoms with Crippen LogP contribution in [-0.4, -0.2) is 17.4 Å². The molecule has 2 aromatic rings. The SMILES string of the molecule is Cc1nc(CCNC(=O)C(C)(N)c2ccc(Br)cc2)cs1.Cl.Cl. The summed E-state index contributed by atoms with van der Waals surface area (Å²) in [4.78, 5) is 16.6. The number of hydrogen-bond donors (Lipinski definition) is 2. The fraction of sp³-hybridized carbons (Fsp3) is 0.333. The van der Waals surface area contributed by atoms with Crippen molar-refractivity contribution in [3.8, 4) is 0 Å². The summed E-state index contributed by atoms with van der Waals surface area (Å²) in [6.07, 6.45) is 0.715. The molecule has 8 heteroatoms. The Morgan fingerprint density at radius 1 is 1.35 bits per heavy atom. The fourth-order valence-corrected chi connectivity index (χ4v) is 2.85. The summed E-state index contributed by atoms with van der Waals surface area (Å²) in [6, 6.07) is 7.47. The number of thiazole rings is 1. The minimum absolute atomic E-state index is 0. The van der Waals surface area contributed by atoms with Crippen molar-refractivity contribution in [1.29, 1.82) is 0 Å². The highest BCUT2D eigenvalue weighted by molar-refractivity contribution is 9.10. The van der Waals surface area contributed by atoms with Gasteiger partial charge in [-0.25, -0.2) is 4.98 Å². The maximum atomic E-state index is 12.3. The van der Waals surface area contributed by atoms with Crippen molar-refractivity contribution in [2.45, 2.75) is 25.8 Å². The molecule has 2 rings (SSSR count). The van der Waals surface area contributed by atoms with E-state index >= 15 is 0 Å². The van der Waals surface area contributed by atoms with Crippen molar-refractivity contribution in [3.63, 3.8) is 0 Å². The summed E-state index contributed by atoms with van der Waals surface area (Å²) in [7, 11) is 0. The van der Waals surface area contributed by atoms with Gasteiger partial charge in [0.1, 0.15) is 5.54 Å². The Morgan fingerprint density at radius 2 is 1.96 bits per heavy atom. The Hall–Kier alpha value is -0.660. The second-order valence-electron chi connectivity index (χ2n) is 5.07. The van der Waals surface area contributed by atoms with Crippen LogP contribution in [-0.2, 0) is 16.8 Å². The predicted octanol–water partition coefficient (Wildman–Crippen LogP) is 3.59. The van der Waals surface area contributed by atoms with Crippen molar-refractivity contribution in [2.24, 2.45) is 5.73 Å². The average molecular weight is 441 g/mol. The van der Waals surface area contributed by atoms with Crippen molar-refractivity contribution in [3.05, 3.63) is 50.4 Å². The molecule has 0 fully saturated rings. The van der Waals surface area contributed by atoms with Crippen LogP contribution in [0.15, 0.2) is 34.1 Å². The van der Waals surface area contributed by atoms with Gasteiger partial charge in [0.2, 0.25) is 5.91 Å². The van der Waals surface area contributed by atoms with E-state index in [0.717, 1.165) is 20.7 Å². The summed E-state index contributed by atoms with van der Waals surface area (Å²) in [5.41, 5.74) is 6.92. The number of nitrogens with one attached hydrogen (secondary N) is 1. The number of carbonyl (C=O) groups is 1. The lowest BCUT2D eigenvalue weighted by atomic mass is 9.92. The highest BCUT2D eigenvalue weighted by atomic mass is 79.9. The third kappa shape index (κ3) is 6.04. The van der Waals surface area contributed by atoms with E-state index in [2.05, 4.69) is 26.2 Å². The number of nitrogens with zero attached hydrogens (tertiary/aromatic N) is 1. The van der Waals surface area contributed by atoms with Gasteiger partial charge in [0.25, 0.3) is 0 Å². The molecular weight excluding hydrogens is 421 g/mol. The molecule has 3 N–H and O–H groups in total. The van der Waals surface area contributed by atoms with Crippen LogP contribution in [0.25, 0.3) is 0 Å². The van der Waals surface area contributed by atoms with Crippen LogP contribution >= 0.6 is 52.1 Å². The van der Waals surface area contributed by atoms with E-state index in [0.29, 0.717) is 13.0 Å². The molecule has 1 heterocycles. The van der Waals surface area contributed by atoms with Gasteiger partial charge in [-0.2, -0.15) is 0 Å². The number of aryl methyl sites for hydroxylation is 1.